The third-order valence-corrected chi connectivity index (χ3v) is 6.17. The monoisotopic (exact) mass is 383 g/mol. The summed E-state index contributed by atoms with van der Waals surface area (Å²) in [7, 11) is 5.83. The molecule has 4 heteroatoms. The molecule has 156 valence electrons. The molecule has 3 nitrogen and oxygen atoms in total. The number of guanidine groups is 1. The normalized spacial score (nSPS) is 12.0. The number of hydrogen-bond acceptors (Lipinski definition) is 1. The topological polar surface area (TPSA) is 18.8 Å². The van der Waals surface area contributed by atoms with E-state index in [9.17, 15) is 0 Å². The van der Waals surface area contributed by atoms with Crippen molar-refractivity contribution in [3.05, 3.63) is 0 Å². The molecule has 0 aliphatic rings. The van der Waals surface area contributed by atoms with Crippen molar-refractivity contribution < 1.29 is 0 Å². The van der Waals surface area contributed by atoms with Crippen molar-refractivity contribution in [2.45, 2.75) is 103 Å². The van der Waals surface area contributed by atoms with E-state index >= 15 is 0 Å². The van der Waals surface area contributed by atoms with Gasteiger partial charge >= 0.3 is 0 Å². The summed E-state index contributed by atoms with van der Waals surface area (Å²) in [6.45, 7) is 8.07. The van der Waals surface area contributed by atoms with Crippen LogP contribution in [0.4, 0.5) is 0 Å². The standard InChI is InChI=1S/C22H49N3Si/c1-7-8-9-10-11-12-13-14-15-16-17-18-19-20-23-22(24(2)3)25(4)21-26(5)6/h26H,7-21H2,1-6H3. The molecule has 0 saturated heterocycles. The van der Waals surface area contributed by atoms with E-state index in [2.05, 4.69) is 51.0 Å². The molecule has 26 heavy (non-hydrogen) atoms. The second kappa shape index (κ2) is 17.9. The molecule has 0 saturated carbocycles. The molecule has 0 atom stereocenters. The molecule has 0 rings (SSSR count). The van der Waals surface area contributed by atoms with Crippen molar-refractivity contribution >= 4 is 14.8 Å². The van der Waals surface area contributed by atoms with Gasteiger partial charge in [-0.05, 0) is 6.42 Å². The zero-order chi connectivity index (χ0) is 19.6. The first-order chi connectivity index (χ1) is 12.5. The average molecular weight is 384 g/mol. The zero-order valence-electron chi connectivity index (χ0n) is 19.0. The lowest BCUT2D eigenvalue weighted by atomic mass is 10.0. The van der Waals surface area contributed by atoms with Crippen LogP contribution in [0.2, 0.25) is 13.1 Å². The highest BCUT2D eigenvalue weighted by molar-refractivity contribution is 6.56. The van der Waals surface area contributed by atoms with E-state index in [1.165, 1.54) is 89.6 Å². The van der Waals surface area contributed by atoms with Crippen LogP contribution >= 0.6 is 0 Å². The van der Waals surface area contributed by atoms with Gasteiger partial charge in [0.05, 0.1) is 8.80 Å². The maximum atomic E-state index is 4.86. The smallest absolute Gasteiger partial charge is 0.195 e. The van der Waals surface area contributed by atoms with E-state index in [-0.39, 0.29) is 0 Å². The average Bonchev–Trinajstić information content (AvgIpc) is 2.57. The molecule has 0 amide bonds. The van der Waals surface area contributed by atoms with E-state index in [1.807, 2.05) is 0 Å². The van der Waals surface area contributed by atoms with Crippen LogP contribution in [-0.4, -0.2) is 58.4 Å². The van der Waals surface area contributed by atoms with Crippen molar-refractivity contribution in [2.75, 3.05) is 33.9 Å². The van der Waals surface area contributed by atoms with E-state index < -0.39 is 8.80 Å². The van der Waals surface area contributed by atoms with Gasteiger partial charge in [0.25, 0.3) is 0 Å². The molecule has 0 aromatic carbocycles. The van der Waals surface area contributed by atoms with Crippen LogP contribution in [0.15, 0.2) is 4.99 Å². The van der Waals surface area contributed by atoms with Crippen LogP contribution < -0.4 is 0 Å². The second-order valence-corrected chi connectivity index (χ2v) is 11.7. The molecule has 0 aromatic heterocycles. The lowest BCUT2D eigenvalue weighted by Crippen LogP contribution is -2.42. The highest BCUT2D eigenvalue weighted by Crippen LogP contribution is 2.12. The largest absolute Gasteiger partial charge is 0.349 e. The lowest BCUT2D eigenvalue weighted by molar-refractivity contribution is 0.461. The summed E-state index contributed by atoms with van der Waals surface area (Å²) in [5.41, 5.74) is 0. The number of unbranched alkanes of at least 4 members (excludes halogenated alkanes) is 12. The SMILES string of the molecule is CCCCCCCCCCCCCCCN=C(N(C)C)N(C)C[SiH](C)C. The van der Waals surface area contributed by atoms with Crippen LogP contribution in [0.3, 0.4) is 0 Å². The van der Waals surface area contributed by atoms with Crippen LogP contribution in [0.5, 0.6) is 0 Å². The fraction of sp³-hybridized carbons (Fsp3) is 0.955. The predicted molar refractivity (Wildman–Crippen MR) is 123 cm³/mol. The Labute approximate surface area is 167 Å². The Morgan fingerprint density at radius 1 is 0.692 bits per heavy atom. The molecule has 0 aliphatic heterocycles. The molecule has 0 N–H and O–H groups in total. The number of hydrogen-bond donors (Lipinski definition) is 0. The summed E-state index contributed by atoms with van der Waals surface area (Å²) < 4.78 is 0. The molecule has 0 aliphatic carbocycles. The van der Waals surface area contributed by atoms with Gasteiger partial charge in [-0.3, -0.25) is 4.99 Å². The first-order valence-electron chi connectivity index (χ1n) is 11.4. The summed E-state index contributed by atoms with van der Waals surface area (Å²) in [5, 5.41) is 0. The molecule has 0 spiro atoms. The van der Waals surface area contributed by atoms with Gasteiger partial charge in [-0.15, -0.1) is 0 Å². The Bertz CT molecular complexity index is 329. The van der Waals surface area contributed by atoms with Gasteiger partial charge in [0.2, 0.25) is 0 Å². The number of aliphatic imine (C=N–C) groups is 1. The minimum absolute atomic E-state index is 0.584. The molecule has 0 heterocycles. The van der Waals surface area contributed by atoms with Crippen molar-refractivity contribution in [1.82, 2.24) is 9.80 Å². The van der Waals surface area contributed by atoms with E-state index in [0.29, 0.717) is 0 Å². The summed E-state index contributed by atoms with van der Waals surface area (Å²) >= 11 is 0. The molecule has 0 unspecified atom stereocenters. The summed E-state index contributed by atoms with van der Waals surface area (Å²) in [6, 6.07) is 0. The van der Waals surface area contributed by atoms with Crippen LogP contribution in [0.1, 0.15) is 90.4 Å². The van der Waals surface area contributed by atoms with Gasteiger partial charge in [0, 0.05) is 33.9 Å². The number of rotatable bonds is 16. The Balaban J connectivity index is 3.58. The van der Waals surface area contributed by atoms with Gasteiger partial charge in [-0.25, -0.2) is 0 Å². The van der Waals surface area contributed by atoms with Crippen LogP contribution in [0, 0.1) is 0 Å². The van der Waals surface area contributed by atoms with E-state index in [0.717, 1.165) is 12.5 Å². The first kappa shape index (κ1) is 25.5. The van der Waals surface area contributed by atoms with E-state index in [1.54, 1.807) is 0 Å². The van der Waals surface area contributed by atoms with Gasteiger partial charge in [-0.1, -0.05) is 97.1 Å². The third kappa shape index (κ3) is 15.7. The quantitative estimate of drug-likeness (QED) is 0.142. The van der Waals surface area contributed by atoms with Gasteiger partial charge in [-0.2, -0.15) is 0 Å². The second-order valence-electron chi connectivity index (χ2n) is 8.59. The van der Waals surface area contributed by atoms with Gasteiger partial charge in [0.1, 0.15) is 0 Å². The van der Waals surface area contributed by atoms with Gasteiger partial charge in [0.15, 0.2) is 5.96 Å². The highest BCUT2D eigenvalue weighted by Gasteiger charge is 2.10. The minimum atomic E-state index is -0.584. The Hall–Kier alpha value is -0.513. The maximum absolute atomic E-state index is 4.86. The minimum Gasteiger partial charge on any atom is -0.349 e. The third-order valence-electron chi connectivity index (χ3n) is 4.90. The summed E-state index contributed by atoms with van der Waals surface area (Å²) in [5.74, 6) is 1.16. The summed E-state index contributed by atoms with van der Waals surface area (Å²) in [4.78, 5) is 9.37. The zero-order valence-corrected chi connectivity index (χ0v) is 20.2. The van der Waals surface area contributed by atoms with Crippen molar-refractivity contribution in [3.63, 3.8) is 0 Å². The Kier molecular flexibility index (Phi) is 17.5. The first-order valence-corrected chi connectivity index (χ1v) is 14.5. The Morgan fingerprint density at radius 3 is 1.50 bits per heavy atom. The van der Waals surface area contributed by atoms with E-state index in [4.69, 9.17) is 4.99 Å². The predicted octanol–water partition coefficient (Wildman–Crippen LogP) is 5.95. The molecular formula is C22H49N3Si. The van der Waals surface area contributed by atoms with Crippen molar-refractivity contribution in [2.24, 2.45) is 4.99 Å². The molecule has 0 radical (unpaired) electrons. The van der Waals surface area contributed by atoms with Crippen molar-refractivity contribution in [3.8, 4) is 0 Å². The molecule has 0 aromatic rings. The fourth-order valence-corrected chi connectivity index (χ4v) is 4.80. The lowest BCUT2D eigenvalue weighted by Gasteiger charge is -2.27. The summed E-state index contributed by atoms with van der Waals surface area (Å²) in [6.07, 6.45) is 19.5. The van der Waals surface area contributed by atoms with Crippen LogP contribution in [0.25, 0.3) is 0 Å². The van der Waals surface area contributed by atoms with Gasteiger partial charge < -0.3 is 9.80 Å². The molecule has 0 fully saturated rings. The highest BCUT2D eigenvalue weighted by atomic mass is 28.3. The van der Waals surface area contributed by atoms with Crippen LogP contribution in [-0.2, 0) is 0 Å². The molecular weight excluding hydrogens is 334 g/mol. The Morgan fingerprint density at radius 2 is 1.12 bits per heavy atom. The van der Waals surface area contributed by atoms with Crippen molar-refractivity contribution in [1.29, 1.82) is 0 Å². The number of nitrogens with zero attached hydrogens (tertiary/aromatic N) is 3. The maximum Gasteiger partial charge on any atom is 0.195 e. The fourth-order valence-electron chi connectivity index (χ4n) is 3.54. The molecule has 0 bridgehead atoms.